The first-order valence-electron chi connectivity index (χ1n) is 14.8. The summed E-state index contributed by atoms with van der Waals surface area (Å²) in [7, 11) is 3.45. The number of piperidine rings is 1. The molecule has 1 aliphatic heterocycles. The second kappa shape index (κ2) is 12.7. The van der Waals surface area contributed by atoms with Crippen molar-refractivity contribution in [3.05, 3.63) is 89.1 Å². The van der Waals surface area contributed by atoms with E-state index in [1.807, 2.05) is 12.1 Å². The predicted octanol–water partition coefficient (Wildman–Crippen LogP) is 8.11. The molecule has 0 saturated carbocycles. The topological polar surface area (TPSA) is 39.5 Å². The van der Waals surface area contributed by atoms with Crippen molar-refractivity contribution in [3.8, 4) is 34.1 Å². The van der Waals surface area contributed by atoms with Crippen LogP contribution in [0.5, 0.6) is 11.5 Å². The summed E-state index contributed by atoms with van der Waals surface area (Å²) in [4.78, 5) is 8.15. The van der Waals surface area contributed by atoms with Crippen molar-refractivity contribution >= 4 is 0 Å². The number of ether oxygens (including phenoxy) is 2. The summed E-state index contributed by atoms with van der Waals surface area (Å²) in [6.07, 6.45) is 5.58. The first kappa shape index (κ1) is 28.0. The highest BCUT2D eigenvalue weighted by molar-refractivity contribution is 5.76. The molecule has 2 heterocycles. The van der Waals surface area contributed by atoms with Crippen LogP contribution in [-0.4, -0.2) is 35.2 Å². The van der Waals surface area contributed by atoms with Crippen LogP contribution in [0.2, 0.25) is 0 Å². The number of hydrogen-bond acceptors (Lipinski definition) is 4. The molecule has 1 fully saturated rings. The van der Waals surface area contributed by atoms with E-state index in [4.69, 9.17) is 14.5 Å². The standard InChI is InChI=1S/C35H43N3O2/c1-6-25-17-14-18-26(7-2)33(25)35-36-34(29-23-28(39-4)20-21-32(29)40-5)31(38(35)8-3)24-37-22-13-12-19-30(37)27-15-10-9-11-16-27/h9-11,14-18,20-21,23,30H,6-8,12-13,19,22,24H2,1-5H3. The molecule has 1 atom stereocenters. The molecule has 40 heavy (non-hydrogen) atoms. The highest BCUT2D eigenvalue weighted by Crippen LogP contribution is 2.41. The van der Waals surface area contributed by atoms with Gasteiger partial charge in [-0.1, -0.05) is 68.8 Å². The van der Waals surface area contributed by atoms with Crippen molar-refractivity contribution < 1.29 is 9.47 Å². The molecule has 1 aromatic heterocycles. The molecule has 0 spiro atoms. The van der Waals surface area contributed by atoms with Crippen LogP contribution in [0.15, 0.2) is 66.7 Å². The van der Waals surface area contributed by atoms with Gasteiger partial charge >= 0.3 is 0 Å². The number of aromatic nitrogens is 2. The van der Waals surface area contributed by atoms with Gasteiger partial charge < -0.3 is 14.0 Å². The van der Waals surface area contributed by atoms with Crippen LogP contribution in [0.3, 0.4) is 0 Å². The SMILES string of the molecule is CCc1cccc(CC)c1-c1nc(-c2cc(OC)ccc2OC)c(CN2CCCCC2c2ccccc2)n1CC. The third-order valence-corrected chi connectivity index (χ3v) is 8.42. The molecule has 5 nitrogen and oxygen atoms in total. The van der Waals surface area contributed by atoms with Gasteiger partial charge in [-0.2, -0.15) is 0 Å². The Bertz CT molecular complexity index is 1400. The van der Waals surface area contributed by atoms with Crippen molar-refractivity contribution in [1.29, 1.82) is 0 Å². The van der Waals surface area contributed by atoms with Gasteiger partial charge in [-0.15, -0.1) is 0 Å². The number of methoxy groups -OCH3 is 2. The van der Waals surface area contributed by atoms with Crippen LogP contribution in [0, 0.1) is 0 Å². The van der Waals surface area contributed by atoms with E-state index in [1.165, 1.54) is 47.2 Å². The van der Waals surface area contributed by atoms with Gasteiger partial charge in [0.15, 0.2) is 0 Å². The van der Waals surface area contributed by atoms with Crippen LogP contribution in [-0.2, 0) is 25.9 Å². The smallest absolute Gasteiger partial charge is 0.141 e. The zero-order valence-corrected chi connectivity index (χ0v) is 24.7. The van der Waals surface area contributed by atoms with Crippen LogP contribution >= 0.6 is 0 Å². The number of rotatable bonds is 10. The van der Waals surface area contributed by atoms with Crippen molar-refractivity contribution in [2.75, 3.05) is 20.8 Å². The molecule has 3 aromatic carbocycles. The highest BCUT2D eigenvalue weighted by atomic mass is 16.5. The Kier molecular flexibility index (Phi) is 8.91. The monoisotopic (exact) mass is 537 g/mol. The summed E-state index contributed by atoms with van der Waals surface area (Å²) in [5.74, 6) is 2.67. The Balaban J connectivity index is 1.73. The number of aryl methyl sites for hydroxylation is 2. The lowest BCUT2D eigenvalue weighted by Gasteiger charge is -2.36. The third kappa shape index (κ3) is 5.40. The Morgan fingerprint density at radius 1 is 0.850 bits per heavy atom. The fourth-order valence-electron chi connectivity index (χ4n) is 6.35. The van der Waals surface area contributed by atoms with Crippen LogP contribution in [0.1, 0.15) is 68.5 Å². The largest absolute Gasteiger partial charge is 0.497 e. The van der Waals surface area contributed by atoms with E-state index in [-0.39, 0.29) is 0 Å². The summed E-state index contributed by atoms with van der Waals surface area (Å²) in [6.45, 7) is 9.46. The van der Waals surface area contributed by atoms with Gasteiger partial charge in [0.1, 0.15) is 17.3 Å². The van der Waals surface area contributed by atoms with Crippen molar-refractivity contribution in [3.63, 3.8) is 0 Å². The second-order valence-corrected chi connectivity index (χ2v) is 10.6. The molecule has 1 aliphatic rings. The van der Waals surface area contributed by atoms with E-state index in [0.29, 0.717) is 6.04 Å². The van der Waals surface area contributed by atoms with E-state index in [9.17, 15) is 0 Å². The van der Waals surface area contributed by atoms with Crippen LogP contribution in [0.25, 0.3) is 22.6 Å². The number of benzene rings is 3. The molecule has 0 radical (unpaired) electrons. The summed E-state index contributed by atoms with van der Waals surface area (Å²) in [6, 6.07) is 24.1. The molecule has 210 valence electrons. The fraction of sp³-hybridized carbons (Fsp3) is 0.400. The van der Waals surface area contributed by atoms with Gasteiger partial charge in [0.05, 0.1) is 25.6 Å². The van der Waals surface area contributed by atoms with E-state index in [0.717, 1.165) is 61.1 Å². The second-order valence-electron chi connectivity index (χ2n) is 10.6. The van der Waals surface area contributed by atoms with Crippen LogP contribution in [0.4, 0.5) is 0 Å². The molecule has 0 N–H and O–H groups in total. The van der Waals surface area contributed by atoms with Crippen molar-refractivity contribution in [2.24, 2.45) is 0 Å². The molecule has 5 heteroatoms. The molecule has 0 aliphatic carbocycles. The maximum atomic E-state index is 5.89. The maximum Gasteiger partial charge on any atom is 0.141 e. The predicted molar refractivity (Wildman–Crippen MR) is 164 cm³/mol. The Morgan fingerprint density at radius 2 is 1.60 bits per heavy atom. The third-order valence-electron chi connectivity index (χ3n) is 8.42. The number of imidazole rings is 1. The molecular weight excluding hydrogens is 494 g/mol. The number of likely N-dealkylation sites (tertiary alicyclic amines) is 1. The minimum atomic E-state index is 0.396. The van der Waals surface area contributed by atoms with E-state index < -0.39 is 0 Å². The first-order chi connectivity index (χ1) is 19.6. The average molecular weight is 538 g/mol. The lowest BCUT2D eigenvalue weighted by Crippen LogP contribution is -2.33. The van der Waals surface area contributed by atoms with Gasteiger partial charge in [-0.3, -0.25) is 4.90 Å². The Labute approximate surface area is 239 Å². The van der Waals surface area contributed by atoms with Gasteiger partial charge in [0.25, 0.3) is 0 Å². The quantitative estimate of drug-likeness (QED) is 0.205. The lowest BCUT2D eigenvalue weighted by atomic mass is 9.94. The summed E-state index contributed by atoms with van der Waals surface area (Å²) in [5, 5.41) is 0. The zero-order chi connectivity index (χ0) is 28.1. The lowest BCUT2D eigenvalue weighted by molar-refractivity contribution is 0.137. The molecule has 1 saturated heterocycles. The molecule has 1 unspecified atom stereocenters. The molecule has 5 rings (SSSR count). The normalized spacial score (nSPS) is 15.8. The first-order valence-corrected chi connectivity index (χ1v) is 14.8. The Hall–Kier alpha value is -3.57. The van der Waals surface area contributed by atoms with Gasteiger partial charge in [0, 0.05) is 30.3 Å². The maximum absolute atomic E-state index is 5.89. The molecule has 0 bridgehead atoms. The molecule has 0 amide bonds. The minimum Gasteiger partial charge on any atom is -0.497 e. The minimum absolute atomic E-state index is 0.396. The van der Waals surface area contributed by atoms with Gasteiger partial charge in [-0.05, 0) is 74.0 Å². The van der Waals surface area contributed by atoms with Crippen molar-refractivity contribution in [2.45, 2.75) is 72.0 Å². The van der Waals surface area contributed by atoms with Gasteiger partial charge in [-0.25, -0.2) is 4.98 Å². The van der Waals surface area contributed by atoms with E-state index in [2.05, 4.69) is 84.8 Å². The summed E-state index contributed by atoms with van der Waals surface area (Å²) in [5.41, 5.74) is 8.56. The van der Waals surface area contributed by atoms with E-state index >= 15 is 0 Å². The number of nitrogens with zero attached hydrogens (tertiary/aromatic N) is 3. The fourth-order valence-corrected chi connectivity index (χ4v) is 6.35. The van der Waals surface area contributed by atoms with Crippen LogP contribution < -0.4 is 9.47 Å². The van der Waals surface area contributed by atoms with Crippen molar-refractivity contribution in [1.82, 2.24) is 14.5 Å². The highest BCUT2D eigenvalue weighted by Gasteiger charge is 2.29. The van der Waals surface area contributed by atoms with E-state index in [1.54, 1.807) is 14.2 Å². The molecular formula is C35H43N3O2. The number of hydrogen-bond donors (Lipinski definition) is 0. The molecule has 4 aromatic rings. The van der Waals surface area contributed by atoms with Gasteiger partial charge in [0.2, 0.25) is 0 Å². The zero-order valence-electron chi connectivity index (χ0n) is 24.7. The summed E-state index contributed by atoms with van der Waals surface area (Å²) < 4.78 is 14.0. The Morgan fingerprint density at radius 3 is 2.25 bits per heavy atom. The summed E-state index contributed by atoms with van der Waals surface area (Å²) >= 11 is 0. The average Bonchev–Trinajstić information content (AvgIpc) is 3.38.